The first-order chi connectivity index (χ1) is 3.54. The summed E-state index contributed by atoms with van der Waals surface area (Å²) in [7, 11) is 0. The van der Waals surface area contributed by atoms with Crippen LogP contribution in [0.5, 0.6) is 0 Å². The van der Waals surface area contributed by atoms with E-state index in [1.54, 1.807) is 6.92 Å². The first-order valence-electron chi connectivity index (χ1n) is 2.57. The van der Waals surface area contributed by atoms with Crippen LogP contribution in [0, 0.1) is 5.92 Å². The van der Waals surface area contributed by atoms with Crippen LogP contribution in [0.2, 0.25) is 0 Å². The molecule has 2 heteroatoms. The quantitative estimate of drug-likeness (QED) is 0.382. The topological polar surface area (TPSA) is 0 Å². The van der Waals surface area contributed by atoms with Crippen LogP contribution >= 0.6 is 11.6 Å². The number of alkyl halides is 2. The monoisotopic (exact) mass is 134 g/mol. The van der Waals surface area contributed by atoms with Crippen molar-refractivity contribution < 1.29 is 4.39 Å². The Kier molecular flexibility index (Phi) is 1.12. The lowest BCUT2D eigenvalue weighted by atomic mass is 10.2. The Labute approximate surface area is 53.3 Å². The Morgan fingerprint density at radius 3 is 2.38 bits per heavy atom. The third kappa shape index (κ3) is 0.873. The van der Waals surface area contributed by atoms with E-state index in [1.807, 2.05) is 0 Å². The fourth-order valence-electron chi connectivity index (χ4n) is 0.748. The van der Waals surface area contributed by atoms with Crippen molar-refractivity contribution in [1.82, 2.24) is 0 Å². The highest BCUT2D eigenvalue weighted by Crippen LogP contribution is 2.54. The standard InChI is InChI=1S/C6H8ClF/c1-4(2)5-3-6(5,7)8/h5H,1,3H2,2H3. The maximum absolute atomic E-state index is 12.4. The lowest BCUT2D eigenvalue weighted by Gasteiger charge is -1.93. The van der Waals surface area contributed by atoms with Gasteiger partial charge in [0.25, 0.3) is 0 Å². The molecule has 0 bridgehead atoms. The van der Waals surface area contributed by atoms with Gasteiger partial charge in [-0.3, -0.25) is 0 Å². The Balaban J connectivity index is 2.48. The van der Waals surface area contributed by atoms with Gasteiger partial charge in [-0.15, -0.1) is 0 Å². The van der Waals surface area contributed by atoms with Crippen LogP contribution in [0.15, 0.2) is 12.2 Å². The van der Waals surface area contributed by atoms with E-state index >= 15 is 0 Å². The van der Waals surface area contributed by atoms with Crippen molar-refractivity contribution in [3.05, 3.63) is 12.2 Å². The van der Waals surface area contributed by atoms with Crippen LogP contribution in [-0.2, 0) is 0 Å². The van der Waals surface area contributed by atoms with Gasteiger partial charge in [-0.1, -0.05) is 23.8 Å². The van der Waals surface area contributed by atoms with Crippen LogP contribution in [-0.4, -0.2) is 5.13 Å². The number of hydrogen-bond donors (Lipinski definition) is 0. The predicted molar refractivity (Wildman–Crippen MR) is 32.6 cm³/mol. The first-order valence-corrected chi connectivity index (χ1v) is 2.95. The Morgan fingerprint density at radius 1 is 2.00 bits per heavy atom. The van der Waals surface area contributed by atoms with E-state index < -0.39 is 5.13 Å². The summed E-state index contributed by atoms with van der Waals surface area (Å²) in [5, 5.41) is -1.44. The molecule has 0 radical (unpaired) electrons. The molecule has 0 saturated heterocycles. The van der Waals surface area contributed by atoms with E-state index in [1.165, 1.54) is 0 Å². The zero-order valence-electron chi connectivity index (χ0n) is 4.75. The number of hydrogen-bond acceptors (Lipinski definition) is 0. The van der Waals surface area contributed by atoms with Gasteiger partial charge < -0.3 is 0 Å². The predicted octanol–water partition coefficient (Wildman–Crippen LogP) is 2.49. The molecule has 0 aliphatic heterocycles. The second kappa shape index (κ2) is 1.47. The van der Waals surface area contributed by atoms with Crippen molar-refractivity contribution in [2.75, 3.05) is 0 Å². The van der Waals surface area contributed by atoms with Crippen LogP contribution in [0.4, 0.5) is 4.39 Å². The Hall–Kier alpha value is -0.0400. The minimum Gasteiger partial charge on any atom is -0.226 e. The van der Waals surface area contributed by atoms with Gasteiger partial charge in [0.05, 0.1) is 0 Å². The summed E-state index contributed by atoms with van der Waals surface area (Å²) in [4.78, 5) is 0. The molecule has 1 fully saturated rings. The average Bonchev–Trinajstić information content (AvgIpc) is 2.13. The fraction of sp³-hybridized carbons (Fsp3) is 0.667. The lowest BCUT2D eigenvalue weighted by molar-refractivity contribution is 0.407. The van der Waals surface area contributed by atoms with E-state index in [-0.39, 0.29) is 5.92 Å². The van der Waals surface area contributed by atoms with E-state index in [0.717, 1.165) is 5.57 Å². The molecular formula is C6H8ClF. The third-order valence-corrected chi connectivity index (χ3v) is 1.84. The molecule has 46 valence electrons. The minimum atomic E-state index is -1.44. The molecule has 0 heterocycles. The highest BCUT2D eigenvalue weighted by molar-refractivity contribution is 6.25. The molecule has 2 unspecified atom stereocenters. The smallest absolute Gasteiger partial charge is 0.191 e. The zero-order chi connectivity index (χ0) is 6.36. The maximum atomic E-state index is 12.4. The summed E-state index contributed by atoms with van der Waals surface area (Å²) < 4.78 is 12.4. The summed E-state index contributed by atoms with van der Waals surface area (Å²) in [6.45, 7) is 5.39. The summed E-state index contributed by atoms with van der Waals surface area (Å²) in [5.41, 5.74) is 0.850. The molecule has 0 aromatic carbocycles. The fourth-order valence-corrected chi connectivity index (χ4v) is 1.09. The molecule has 2 atom stereocenters. The van der Waals surface area contributed by atoms with Crippen molar-refractivity contribution in [1.29, 1.82) is 0 Å². The first kappa shape index (κ1) is 6.09. The Morgan fingerprint density at radius 2 is 2.38 bits per heavy atom. The van der Waals surface area contributed by atoms with Gasteiger partial charge in [0.2, 0.25) is 0 Å². The third-order valence-electron chi connectivity index (χ3n) is 1.42. The largest absolute Gasteiger partial charge is 0.226 e. The number of allylic oxidation sites excluding steroid dienone is 1. The molecule has 0 spiro atoms. The maximum Gasteiger partial charge on any atom is 0.191 e. The van der Waals surface area contributed by atoms with Gasteiger partial charge in [0, 0.05) is 12.3 Å². The van der Waals surface area contributed by atoms with Crippen molar-refractivity contribution in [2.45, 2.75) is 18.5 Å². The average molecular weight is 135 g/mol. The van der Waals surface area contributed by atoms with Crippen LogP contribution < -0.4 is 0 Å². The van der Waals surface area contributed by atoms with Gasteiger partial charge in [0.1, 0.15) is 0 Å². The van der Waals surface area contributed by atoms with Gasteiger partial charge in [0.15, 0.2) is 5.13 Å². The highest BCUT2D eigenvalue weighted by Gasteiger charge is 2.54. The zero-order valence-corrected chi connectivity index (χ0v) is 5.50. The van der Waals surface area contributed by atoms with E-state index in [2.05, 4.69) is 6.58 Å². The normalized spacial score (nSPS) is 44.1. The summed E-state index contributed by atoms with van der Waals surface area (Å²) in [6, 6.07) is 0. The molecule has 0 N–H and O–H groups in total. The van der Waals surface area contributed by atoms with Crippen LogP contribution in [0.25, 0.3) is 0 Å². The molecule has 1 aliphatic carbocycles. The molecular weight excluding hydrogens is 127 g/mol. The summed E-state index contributed by atoms with van der Waals surface area (Å²) in [5.74, 6) is -0.0795. The molecule has 1 rings (SSSR count). The summed E-state index contributed by atoms with van der Waals surface area (Å²) >= 11 is 5.27. The highest BCUT2D eigenvalue weighted by atomic mass is 35.5. The van der Waals surface area contributed by atoms with Gasteiger partial charge in [-0.25, -0.2) is 4.39 Å². The second-order valence-corrected chi connectivity index (χ2v) is 2.99. The molecule has 1 saturated carbocycles. The SMILES string of the molecule is C=C(C)C1CC1(F)Cl. The molecule has 1 aliphatic rings. The molecule has 0 nitrogen and oxygen atoms in total. The number of rotatable bonds is 1. The van der Waals surface area contributed by atoms with E-state index in [4.69, 9.17) is 11.6 Å². The van der Waals surface area contributed by atoms with E-state index in [9.17, 15) is 4.39 Å². The van der Waals surface area contributed by atoms with Gasteiger partial charge in [-0.05, 0) is 6.92 Å². The summed E-state index contributed by atoms with van der Waals surface area (Å²) in [6.07, 6.45) is 0.448. The van der Waals surface area contributed by atoms with Crippen molar-refractivity contribution in [3.8, 4) is 0 Å². The van der Waals surface area contributed by atoms with Crippen LogP contribution in [0.1, 0.15) is 13.3 Å². The van der Waals surface area contributed by atoms with Crippen LogP contribution in [0.3, 0.4) is 0 Å². The Bertz CT molecular complexity index is 128. The van der Waals surface area contributed by atoms with E-state index in [0.29, 0.717) is 6.42 Å². The van der Waals surface area contributed by atoms with Gasteiger partial charge >= 0.3 is 0 Å². The van der Waals surface area contributed by atoms with Crippen molar-refractivity contribution in [3.63, 3.8) is 0 Å². The molecule has 0 aromatic heterocycles. The lowest BCUT2D eigenvalue weighted by Crippen LogP contribution is -1.90. The van der Waals surface area contributed by atoms with Crippen molar-refractivity contribution >= 4 is 11.6 Å². The molecule has 0 aromatic rings. The second-order valence-electron chi connectivity index (χ2n) is 2.36. The number of halogens is 2. The molecule has 0 amide bonds. The van der Waals surface area contributed by atoms with Gasteiger partial charge in [-0.2, -0.15) is 0 Å². The van der Waals surface area contributed by atoms with Crippen molar-refractivity contribution in [2.24, 2.45) is 5.92 Å². The molecule has 8 heavy (non-hydrogen) atoms. The minimum absolute atomic E-state index is 0.0795.